The van der Waals surface area contributed by atoms with Gasteiger partial charge in [-0.25, -0.2) is 8.42 Å². The zero-order valence-electron chi connectivity index (χ0n) is 18.7. The first-order valence-corrected chi connectivity index (χ1v) is 12.1. The first-order valence-electron chi connectivity index (χ1n) is 10.7. The number of nitrogens with one attached hydrogen (secondary N) is 1. The number of aliphatic hydroxyl groups is 1. The van der Waals surface area contributed by atoms with Gasteiger partial charge in [0.1, 0.15) is 5.75 Å². The van der Waals surface area contributed by atoms with Gasteiger partial charge in [-0.15, -0.1) is 0 Å². The van der Waals surface area contributed by atoms with Gasteiger partial charge in [-0.1, -0.05) is 19.9 Å². The smallest absolute Gasteiger partial charge is 0.251 e. The number of aliphatic hydroxyl groups excluding tert-OH is 1. The van der Waals surface area contributed by atoms with Crippen molar-refractivity contribution in [3.8, 4) is 5.75 Å². The molecule has 0 bridgehead atoms. The van der Waals surface area contributed by atoms with Gasteiger partial charge in [-0.05, 0) is 54.3 Å². The van der Waals surface area contributed by atoms with Crippen molar-refractivity contribution in [2.75, 3.05) is 32.0 Å². The molecule has 0 spiro atoms. The summed E-state index contributed by atoms with van der Waals surface area (Å²) in [7, 11) is -3.83. The second kappa shape index (κ2) is 9.89. The third kappa shape index (κ3) is 5.40. The number of nitrogens with two attached hydrogens (primary N) is 1. The number of amides is 1. The zero-order chi connectivity index (χ0) is 23.5. The number of nitrogen functional groups attached to an aromatic ring is 1. The van der Waals surface area contributed by atoms with Gasteiger partial charge >= 0.3 is 0 Å². The van der Waals surface area contributed by atoms with E-state index in [2.05, 4.69) is 5.32 Å². The van der Waals surface area contributed by atoms with E-state index in [1.165, 1.54) is 10.4 Å². The molecule has 32 heavy (non-hydrogen) atoms. The molecule has 0 aliphatic carbocycles. The molecule has 0 saturated heterocycles. The molecule has 1 aliphatic rings. The number of fused-ring (bicyclic) bond motifs is 1. The monoisotopic (exact) mass is 461 g/mol. The highest BCUT2D eigenvalue weighted by atomic mass is 32.2. The lowest BCUT2D eigenvalue weighted by Gasteiger charge is -2.26. The third-order valence-electron chi connectivity index (χ3n) is 5.40. The SMILES string of the molecule is Cc1c(N)cccc1C(=O)NC[C@H](O)CN(CC(C)C)S(=O)(=O)c1ccc2c(c1)CCO2. The third-order valence-corrected chi connectivity index (χ3v) is 7.23. The highest BCUT2D eigenvalue weighted by Crippen LogP contribution is 2.29. The molecule has 4 N–H and O–H groups in total. The Balaban J connectivity index is 1.70. The quantitative estimate of drug-likeness (QED) is 0.491. The van der Waals surface area contributed by atoms with E-state index in [9.17, 15) is 18.3 Å². The molecule has 0 fully saturated rings. The van der Waals surface area contributed by atoms with Crippen LogP contribution >= 0.6 is 0 Å². The van der Waals surface area contributed by atoms with E-state index in [1.54, 1.807) is 37.3 Å². The van der Waals surface area contributed by atoms with E-state index in [-0.39, 0.29) is 36.4 Å². The lowest BCUT2D eigenvalue weighted by Crippen LogP contribution is -2.44. The lowest BCUT2D eigenvalue weighted by atomic mass is 10.1. The molecule has 3 rings (SSSR count). The van der Waals surface area contributed by atoms with Gasteiger partial charge < -0.3 is 20.9 Å². The number of hydrogen-bond acceptors (Lipinski definition) is 6. The van der Waals surface area contributed by atoms with E-state index in [4.69, 9.17) is 10.5 Å². The molecule has 174 valence electrons. The van der Waals surface area contributed by atoms with E-state index in [0.717, 1.165) is 5.56 Å². The number of hydrogen-bond donors (Lipinski definition) is 3. The summed E-state index contributed by atoms with van der Waals surface area (Å²) < 4.78 is 33.4. The van der Waals surface area contributed by atoms with Crippen LogP contribution in [0.25, 0.3) is 0 Å². The van der Waals surface area contributed by atoms with E-state index in [1.807, 2.05) is 13.8 Å². The first-order chi connectivity index (χ1) is 15.1. The molecule has 0 unspecified atom stereocenters. The van der Waals surface area contributed by atoms with Crippen molar-refractivity contribution in [2.45, 2.75) is 38.2 Å². The van der Waals surface area contributed by atoms with Crippen LogP contribution in [0.3, 0.4) is 0 Å². The minimum Gasteiger partial charge on any atom is -0.493 e. The minimum absolute atomic E-state index is 0.0549. The van der Waals surface area contributed by atoms with Crippen molar-refractivity contribution in [3.05, 3.63) is 53.1 Å². The Morgan fingerprint density at radius 1 is 1.25 bits per heavy atom. The normalized spacial score (nSPS) is 14.3. The maximum Gasteiger partial charge on any atom is 0.251 e. The molecule has 2 aromatic rings. The Labute approximate surface area is 189 Å². The molecule has 0 saturated carbocycles. The fourth-order valence-corrected chi connectivity index (χ4v) is 5.35. The van der Waals surface area contributed by atoms with Crippen LogP contribution in [0.4, 0.5) is 5.69 Å². The number of sulfonamides is 1. The topological polar surface area (TPSA) is 122 Å². The summed E-state index contributed by atoms with van der Waals surface area (Å²) in [6.07, 6.45) is -0.410. The van der Waals surface area contributed by atoms with Gasteiger partial charge in [0.25, 0.3) is 5.91 Å². The summed E-state index contributed by atoms with van der Waals surface area (Å²) in [5.41, 5.74) is 8.30. The summed E-state index contributed by atoms with van der Waals surface area (Å²) in [4.78, 5) is 12.7. The second-order valence-electron chi connectivity index (χ2n) is 8.47. The van der Waals surface area contributed by atoms with Crippen molar-refractivity contribution in [3.63, 3.8) is 0 Å². The number of rotatable bonds is 9. The van der Waals surface area contributed by atoms with Crippen LogP contribution in [-0.2, 0) is 16.4 Å². The number of carbonyl (C=O) groups excluding carboxylic acids is 1. The first kappa shape index (κ1) is 24.0. The molecule has 2 aromatic carbocycles. The minimum atomic E-state index is -3.83. The molecular formula is C23H31N3O5S. The largest absolute Gasteiger partial charge is 0.493 e. The highest BCUT2D eigenvalue weighted by Gasteiger charge is 2.29. The zero-order valence-corrected chi connectivity index (χ0v) is 19.5. The van der Waals surface area contributed by atoms with Crippen LogP contribution < -0.4 is 15.8 Å². The van der Waals surface area contributed by atoms with Gasteiger partial charge in [0.2, 0.25) is 10.0 Å². The molecule has 1 heterocycles. The van der Waals surface area contributed by atoms with Crippen molar-refractivity contribution in [2.24, 2.45) is 5.92 Å². The number of anilines is 1. The molecule has 1 amide bonds. The Morgan fingerprint density at radius 3 is 2.72 bits per heavy atom. The van der Waals surface area contributed by atoms with Crippen LogP contribution in [0.15, 0.2) is 41.3 Å². The van der Waals surface area contributed by atoms with E-state index in [0.29, 0.717) is 35.6 Å². The van der Waals surface area contributed by atoms with E-state index < -0.39 is 16.1 Å². The van der Waals surface area contributed by atoms with Crippen molar-refractivity contribution in [1.82, 2.24) is 9.62 Å². The number of benzene rings is 2. The van der Waals surface area contributed by atoms with Crippen LogP contribution in [0.1, 0.15) is 35.3 Å². The number of ether oxygens (including phenoxy) is 1. The Bertz CT molecular complexity index is 1090. The number of carbonyl (C=O) groups is 1. The summed E-state index contributed by atoms with van der Waals surface area (Å²) in [6.45, 7) is 6.14. The summed E-state index contributed by atoms with van der Waals surface area (Å²) in [5, 5.41) is 13.2. The van der Waals surface area contributed by atoms with Gasteiger partial charge in [0.15, 0.2) is 0 Å². The average molecular weight is 462 g/mol. The molecule has 9 heteroatoms. The Kier molecular flexibility index (Phi) is 7.43. The fraction of sp³-hybridized carbons (Fsp3) is 0.435. The van der Waals surface area contributed by atoms with E-state index >= 15 is 0 Å². The molecule has 1 atom stereocenters. The highest BCUT2D eigenvalue weighted by molar-refractivity contribution is 7.89. The maximum atomic E-state index is 13.3. The van der Waals surface area contributed by atoms with Crippen molar-refractivity contribution >= 4 is 21.6 Å². The van der Waals surface area contributed by atoms with Crippen LogP contribution in [-0.4, -0.2) is 56.1 Å². The lowest BCUT2D eigenvalue weighted by molar-refractivity contribution is 0.0898. The molecule has 1 aliphatic heterocycles. The average Bonchev–Trinajstić information content (AvgIpc) is 3.21. The standard InChI is InChI=1S/C23H31N3O5S/c1-15(2)13-26(32(29,30)19-7-8-22-17(11-19)9-10-31-22)14-18(27)12-25-23(28)20-5-4-6-21(24)16(20)3/h4-8,11,15,18,27H,9-10,12-14,24H2,1-3H3,(H,25,28)/t18-/m0/s1. The Morgan fingerprint density at radius 2 is 2.00 bits per heavy atom. The number of nitrogens with zero attached hydrogens (tertiary/aromatic N) is 1. The van der Waals surface area contributed by atoms with Crippen molar-refractivity contribution < 1.29 is 23.1 Å². The summed E-state index contributed by atoms with van der Waals surface area (Å²) in [6, 6.07) is 9.89. The predicted octanol–water partition coefficient (Wildman–Crippen LogP) is 1.95. The van der Waals surface area contributed by atoms with Gasteiger partial charge in [-0.3, -0.25) is 4.79 Å². The molecular weight excluding hydrogens is 430 g/mol. The van der Waals surface area contributed by atoms with Gasteiger partial charge in [-0.2, -0.15) is 4.31 Å². The molecule has 8 nitrogen and oxygen atoms in total. The Hall–Kier alpha value is -2.62. The second-order valence-corrected chi connectivity index (χ2v) is 10.4. The van der Waals surface area contributed by atoms with Gasteiger partial charge in [0.05, 0.1) is 17.6 Å². The summed E-state index contributed by atoms with van der Waals surface area (Å²) in [5.74, 6) is 0.393. The maximum absolute atomic E-state index is 13.3. The summed E-state index contributed by atoms with van der Waals surface area (Å²) >= 11 is 0. The predicted molar refractivity (Wildman–Crippen MR) is 123 cm³/mol. The van der Waals surface area contributed by atoms with Crippen LogP contribution in [0, 0.1) is 12.8 Å². The molecule has 0 aromatic heterocycles. The van der Waals surface area contributed by atoms with Crippen LogP contribution in [0.2, 0.25) is 0 Å². The van der Waals surface area contributed by atoms with Crippen molar-refractivity contribution in [1.29, 1.82) is 0 Å². The fourth-order valence-electron chi connectivity index (χ4n) is 3.66. The van der Waals surface area contributed by atoms with Crippen LogP contribution in [0.5, 0.6) is 5.75 Å². The van der Waals surface area contributed by atoms with Gasteiger partial charge in [0, 0.05) is 37.3 Å². The molecule has 0 radical (unpaired) electrons.